The molecule has 2 rings (SSSR count). The summed E-state index contributed by atoms with van der Waals surface area (Å²) in [5.41, 5.74) is 7.99. The number of nitro groups is 1. The monoisotopic (exact) mass is 277 g/mol. The first-order valence-corrected chi connectivity index (χ1v) is 6.06. The van der Waals surface area contributed by atoms with Gasteiger partial charge in [0, 0.05) is 17.7 Å². The number of nitrogens with one attached hydrogen (secondary N) is 1. The maximum absolute atomic E-state index is 11.3. The molecule has 1 heterocycles. The highest BCUT2D eigenvalue weighted by Crippen LogP contribution is 2.34. The van der Waals surface area contributed by atoms with Crippen LogP contribution < -0.4 is 5.73 Å². The molecule has 4 N–H and O–H groups in total. The number of H-pyrrole nitrogens is 1. The number of nitrogens with zero attached hydrogens (tertiary/aromatic N) is 1. The van der Waals surface area contributed by atoms with E-state index in [0.717, 1.165) is 0 Å². The third-order valence-corrected chi connectivity index (χ3v) is 3.38. The second-order valence-corrected chi connectivity index (χ2v) is 4.79. The van der Waals surface area contributed by atoms with Crippen LogP contribution in [-0.4, -0.2) is 27.0 Å². The molecule has 0 aliphatic rings. The molecule has 1 atom stereocenters. The zero-order valence-electron chi connectivity index (χ0n) is 11.1. The standard InChI is InChI=1S/C13H15N3O4/c1-6-3-4-10-11(12(6)16(19)20)8(7(2)15-10)5-9(14)13(17)18/h3-4,9,15H,5,14H2,1-2H3,(H,17,18). The number of aryl methyl sites for hydroxylation is 2. The Kier molecular flexibility index (Phi) is 3.46. The van der Waals surface area contributed by atoms with Gasteiger partial charge in [0.2, 0.25) is 0 Å². The summed E-state index contributed by atoms with van der Waals surface area (Å²) in [7, 11) is 0. The number of fused-ring (bicyclic) bond motifs is 1. The van der Waals surface area contributed by atoms with Crippen molar-refractivity contribution in [2.45, 2.75) is 26.3 Å². The number of aromatic amines is 1. The van der Waals surface area contributed by atoms with Crippen LogP contribution in [-0.2, 0) is 11.2 Å². The number of nitro benzene ring substituents is 1. The third-order valence-electron chi connectivity index (χ3n) is 3.38. The number of carbonyl (C=O) groups is 1. The molecular weight excluding hydrogens is 262 g/mol. The van der Waals surface area contributed by atoms with Crippen molar-refractivity contribution in [3.63, 3.8) is 0 Å². The van der Waals surface area contributed by atoms with E-state index in [2.05, 4.69) is 4.98 Å². The van der Waals surface area contributed by atoms with Gasteiger partial charge < -0.3 is 15.8 Å². The number of nitrogens with two attached hydrogens (primary N) is 1. The molecule has 0 saturated heterocycles. The van der Waals surface area contributed by atoms with Gasteiger partial charge in [0.1, 0.15) is 6.04 Å². The van der Waals surface area contributed by atoms with Crippen LogP contribution >= 0.6 is 0 Å². The Balaban J connectivity index is 2.70. The van der Waals surface area contributed by atoms with Crippen molar-refractivity contribution in [3.8, 4) is 0 Å². The predicted molar refractivity (Wildman–Crippen MR) is 73.7 cm³/mol. The molecule has 1 aromatic heterocycles. The quantitative estimate of drug-likeness (QED) is 0.579. The Bertz CT molecular complexity index is 705. The van der Waals surface area contributed by atoms with Gasteiger partial charge in [-0.2, -0.15) is 0 Å². The van der Waals surface area contributed by atoms with Crippen LogP contribution in [0.5, 0.6) is 0 Å². The molecule has 0 amide bonds. The summed E-state index contributed by atoms with van der Waals surface area (Å²) >= 11 is 0. The molecule has 0 saturated carbocycles. The van der Waals surface area contributed by atoms with Gasteiger partial charge in [0.05, 0.1) is 15.8 Å². The van der Waals surface area contributed by atoms with Crippen LogP contribution in [0.3, 0.4) is 0 Å². The van der Waals surface area contributed by atoms with Crippen molar-refractivity contribution < 1.29 is 14.8 Å². The Morgan fingerprint density at radius 1 is 1.50 bits per heavy atom. The van der Waals surface area contributed by atoms with Gasteiger partial charge in [-0.25, -0.2) is 0 Å². The van der Waals surface area contributed by atoms with E-state index in [4.69, 9.17) is 10.8 Å². The van der Waals surface area contributed by atoms with Crippen LogP contribution in [0, 0.1) is 24.0 Å². The van der Waals surface area contributed by atoms with Crippen LogP contribution in [0.15, 0.2) is 12.1 Å². The van der Waals surface area contributed by atoms with Crippen molar-refractivity contribution in [3.05, 3.63) is 39.1 Å². The molecule has 7 heteroatoms. The number of benzene rings is 1. The van der Waals surface area contributed by atoms with E-state index in [1.807, 2.05) is 0 Å². The summed E-state index contributed by atoms with van der Waals surface area (Å²) in [5, 5.41) is 20.6. The van der Waals surface area contributed by atoms with Gasteiger partial charge >= 0.3 is 5.97 Å². The summed E-state index contributed by atoms with van der Waals surface area (Å²) < 4.78 is 0. The second kappa shape index (κ2) is 4.93. The largest absolute Gasteiger partial charge is 0.480 e. The number of carboxylic acid groups (broad SMARTS) is 1. The molecule has 0 bridgehead atoms. The van der Waals surface area contributed by atoms with Crippen molar-refractivity contribution in [1.82, 2.24) is 4.98 Å². The van der Waals surface area contributed by atoms with E-state index in [1.165, 1.54) is 0 Å². The first-order valence-electron chi connectivity index (χ1n) is 6.06. The SMILES string of the molecule is Cc1ccc2[nH]c(C)c(CC(N)C(=O)O)c2c1[N+](=O)[O-]. The first kappa shape index (κ1) is 14.0. The minimum Gasteiger partial charge on any atom is -0.480 e. The lowest BCUT2D eigenvalue weighted by Crippen LogP contribution is -2.32. The summed E-state index contributed by atoms with van der Waals surface area (Å²) in [6.07, 6.45) is 0.0471. The number of rotatable bonds is 4. The fourth-order valence-corrected chi connectivity index (χ4v) is 2.37. The first-order chi connectivity index (χ1) is 9.32. The lowest BCUT2D eigenvalue weighted by molar-refractivity contribution is -0.383. The van der Waals surface area contributed by atoms with Crippen LogP contribution in [0.2, 0.25) is 0 Å². The Morgan fingerprint density at radius 3 is 2.70 bits per heavy atom. The summed E-state index contributed by atoms with van der Waals surface area (Å²) in [5.74, 6) is -1.13. The number of carboxylic acids is 1. The van der Waals surface area contributed by atoms with Gasteiger partial charge in [-0.1, -0.05) is 6.07 Å². The van der Waals surface area contributed by atoms with Gasteiger partial charge in [-0.05, 0) is 25.5 Å². The highest BCUT2D eigenvalue weighted by Gasteiger charge is 2.24. The summed E-state index contributed by atoms with van der Waals surface area (Å²) in [4.78, 5) is 24.7. The topological polar surface area (TPSA) is 122 Å². The summed E-state index contributed by atoms with van der Waals surface area (Å²) in [6, 6.07) is 2.32. The van der Waals surface area contributed by atoms with E-state index >= 15 is 0 Å². The number of hydrogen-bond acceptors (Lipinski definition) is 4. The van der Waals surface area contributed by atoms with Crippen molar-refractivity contribution in [2.24, 2.45) is 5.73 Å². The van der Waals surface area contributed by atoms with Crippen molar-refractivity contribution in [2.75, 3.05) is 0 Å². The number of aliphatic carboxylic acids is 1. The zero-order valence-corrected chi connectivity index (χ0v) is 11.1. The maximum Gasteiger partial charge on any atom is 0.320 e. The molecule has 0 aliphatic carbocycles. The van der Waals surface area contributed by atoms with Crippen LogP contribution in [0.4, 0.5) is 5.69 Å². The lowest BCUT2D eigenvalue weighted by atomic mass is 10.00. The fraction of sp³-hybridized carbons (Fsp3) is 0.308. The molecule has 20 heavy (non-hydrogen) atoms. The van der Waals surface area contributed by atoms with Crippen molar-refractivity contribution in [1.29, 1.82) is 0 Å². The Hall–Kier alpha value is -2.41. The normalized spacial score (nSPS) is 12.6. The van der Waals surface area contributed by atoms with E-state index < -0.39 is 16.9 Å². The second-order valence-electron chi connectivity index (χ2n) is 4.79. The number of aromatic nitrogens is 1. The molecule has 1 unspecified atom stereocenters. The maximum atomic E-state index is 11.3. The third kappa shape index (κ3) is 2.23. The van der Waals surface area contributed by atoms with Gasteiger partial charge in [-0.15, -0.1) is 0 Å². The minimum absolute atomic E-state index is 0.000520. The zero-order chi connectivity index (χ0) is 15.0. The fourth-order valence-electron chi connectivity index (χ4n) is 2.37. The molecule has 0 radical (unpaired) electrons. The highest BCUT2D eigenvalue weighted by atomic mass is 16.6. The van der Waals surface area contributed by atoms with Gasteiger partial charge in [-0.3, -0.25) is 14.9 Å². The van der Waals surface area contributed by atoms with E-state index in [1.54, 1.807) is 26.0 Å². The minimum atomic E-state index is -1.13. The highest BCUT2D eigenvalue weighted by molar-refractivity contribution is 5.94. The van der Waals surface area contributed by atoms with Crippen LogP contribution in [0.1, 0.15) is 16.8 Å². The number of hydrogen-bond donors (Lipinski definition) is 3. The molecule has 106 valence electrons. The lowest BCUT2D eigenvalue weighted by Gasteiger charge is -2.07. The molecule has 0 spiro atoms. The van der Waals surface area contributed by atoms with E-state index in [-0.39, 0.29) is 12.1 Å². The molecule has 1 aromatic carbocycles. The van der Waals surface area contributed by atoms with Crippen LogP contribution in [0.25, 0.3) is 10.9 Å². The molecule has 2 aromatic rings. The Labute approximate surface area is 114 Å². The molecule has 0 aliphatic heterocycles. The molecule has 0 fully saturated rings. The van der Waals surface area contributed by atoms with Gasteiger partial charge in [0.25, 0.3) is 5.69 Å². The average molecular weight is 277 g/mol. The van der Waals surface area contributed by atoms with Gasteiger partial charge in [0.15, 0.2) is 0 Å². The molecular formula is C13H15N3O4. The summed E-state index contributed by atoms with van der Waals surface area (Å²) in [6.45, 7) is 3.41. The Morgan fingerprint density at radius 2 is 2.15 bits per heavy atom. The van der Waals surface area contributed by atoms with Crippen molar-refractivity contribution >= 4 is 22.6 Å². The average Bonchev–Trinajstić information content (AvgIpc) is 2.65. The smallest absolute Gasteiger partial charge is 0.320 e. The van der Waals surface area contributed by atoms with E-state index in [9.17, 15) is 14.9 Å². The molecule has 7 nitrogen and oxygen atoms in total. The predicted octanol–water partition coefficient (Wildman–Crippen LogP) is 1.65. The van der Waals surface area contributed by atoms with E-state index in [0.29, 0.717) is 27.7 Å².